The van der Waals surface area contributed by atoms with Crippen molar-refractivity contribution in [3.8, 4) is 0 Å². The third-order valence-corrected chi connectivity index (χ3v) is 2.72. The van der Waals surface area contributed by atoms with Gasteiger partial charge in [0.25, 0.3) is 5.92 Å². The number of likely N-dealkylation sites (tertiary alicyclic amines) is 1. The minimum atomic E-state index is -2.30. The van der Waals surface area contributed by atoms with Crippen molar-refractivity contribution in [3.63, 3.8) is 0 Å². The van der Waals surface area contributed by atoms with Crippen molar-refractivity contribution in [2.24, 2.45) is 11.8 Å². The van der Waals surface area contributed by atoms with Gasteiger partial charge in [0.05, 0.1) is 0 Å². The van der Waals surface area contributed by atoms with Crippen molar-refractivity contribution in [1.82, 2.24) is 4.90 Å². The summed E-state index contributed by atoms with van der Waals surface area (Å²) in [6.45, 7) is 8.17. The molecule has 72 valence electrons. The van der Waals surface area contributed by atoms with Crippen molar-refractivity contribution >= 4 is 0 Å². The molecule has 12 heavy (non-hydrogen) atoms. The molecule has 1 saturated carbocycles. The van der Waals surface area contributed by atoms with E-state index in [-0.39, 0.29) is 11.8 Å². The fourth-order valence-electron chi connectivity index (χ4n) is 1.85. The molecule has 1 nitrogen and oxygen atoms in total. The Hall–Kier alpha value is -0.180. The third kappa shape index (κ3) is 1.35. The number of fused-ring (bicyclic) bond motifs is 1. The standard InChI is InChI=1S/C7H11F2N.C2H6/c1-2-10-3-5-6(4-10)7(5,8)9;1-2/h5-6H,2-4H2,1H3;1-2H3. The van der Waals surface area contributed by atoms with Crippen LogP contribution in [-0.2, 0) is 0 Å². The first-order valence-corrected chi connectivity index (χ1v) is 4.76. The van der Waals surface area contributed by atoms with Crippen LogP contribution in [0.5, 0.6) is 0 Å². The van der Waals surface area contributed by atoms with E-state index in [0.717, 1.165) is 6.54 Å². The Morgan fingerprint density at radius 1 is 1.25 bits per heavy atom. The van der Waals surface area contributed by atoms with Crippen LogP contribution in [0.1, 0.15) is 20.8 Å². The van der Waals surface area contributed by atoms with Crippen LogP contribution in [0.25, 0.3) is 0 Å². The smallest absolute Gasteiger partial charge is 0.257 e. The summed E-state index contributed by atoms with van der Waals surface area (Å²) in [5.74, 6) is -2.90. The topological polar surface area (TPSA) is 3.24 Å². The van der Waals surface area contributed by atoms with Crippen LogP contribution in [0.3, 0.4) is 0 Å². The maximum absolute atomic E-state index is 12.5. The maximum atomic E-state index is 12.5. The molecule has 1 aliphatic carbocycles. The first kappa shape index (κ1) is 9.90. The van der Waals surface area contributed by atoms with Crippen molar-refractivity contribution in [3.05, 3.63) is 0 Å². The zero-order valence-electron chi connectivity index (χ0n) is 7.98. The number of hydrogen-bond donors (Lipinski definition) is 0. The normalized spacial score (nSPS) is 36.8. The molecule has 2 fully saturated rings. The van der Waals surface area contributed by atoms with Crippen molar-refractivity contribution < 1.29 is 8.78 Å². The van der Waals surface area contributed by atoms with E-state index >= 15 is 0 Å². The summed E-state index contributed by atoms with van der Waals surface area (Å²) in [6.07, 6.45) is 0. The molecule has 0 radical (unpaired) electrons. The molecule has 0 N–H and O–H groups in total. The summed E-state index contributed by atoms with van der Waals surface area (Å²) >= 11 is 0. The molecule has 3 heteroatoms. The Morgan fingerprint density at radius 2 is 1.67 bits per heavy atom. The maximum Gasteiger partial charge on any atom is 0.257 e. The molecule has 0 aromatic rings. The highest BCUT2D eigenvalue weighted by Gasteiger charge is 2.71. The second-order valence-electron chi connectivity index (χ2n) is 3.24. The van der Waals surface area contributed by atoms with E-state index in [9.17, 15) is 8.78 Å². The van der Waals surface area contributed by atoms with Gasteiger partial charge in [-0.3, -0.25) is 0 Å². The van der Waals surface area contributed by atoms with Gasteiger partial charge in [-0.05, 0) is 6.54 Å². The van der Waals surface area contributed by atoms with Gasteiger partial charge in [-0.25, -0.2) is 8.78 Å². The monoisotopic (exact) mass is 177 g/mol. The van der Waals surface area contributed by atoms with Gasteiger partial charge >= 0.3 is 0 Å². The fourth-order valence-corrected chi connectivity index (χ4v) is 1.85. The molecule has 2 aliphatic rings. The number of piperidine rings is 1. The summed E-state index contributed by atoms with van der Waals surface area (Å²) in [5, 5.41) is 0. The minimum absolute atomic E-state index is 0.299. The van der Waals surface area contributed by atoms with E-state index < -0.39 is 5.92 Å². The molecule has 1 heterocycles. The Bertz CT molecular complexity index is 145. The molecule has 2 atom stereocenters. The number of hydrogen-bond acceptors (Lipinski definition) is 1. The average molecular weight is 177 g/mol. The van der Waals surface area contributed by atoms with Crippen LogP contribution in [0.15, 0.2) is 0 Å². The summed E-state index contributed by atoms with van der Waals surface area (Å²) in [5.41, 5.74) is 0. The summed E-state index contributed by atoms with van der Waals surface area (Å²) in [7, 11) is 0. The van der Waals surface area contributed by atoms with Crippen molar-refractivity contribution in [1.29, 1.82) is 0 Å². The van der Waals surface area contributed by atoms with E-state index in [1.54, 1.807) is 0 Å². The Kier molecular flexibility index (Phi) is 2.71. The van der Waals surface area contributed by atoms with Crippen LogP contribution < -0.4 is 0 Å². The molecule has 1 saturated heterocycles. The van der Waals surface area contributed by atoms with Gasteiger partial charge in [0.15, 0.2) is 0 Å². The van der Waals surface area contributed by atoms with E-state index in [1.807, 2.05) is 20.8 Å². The van der Waals surface area contributed by atoms with Crippen molar-refractivity contribution in [2.45, 2.75) is 26.7 Å². The number of alkyl halides is 2. The lowest BCUT2D eigenvalue weighted by atomic mass is 10.4. The van der Waals surface area contributed by atoms with Gasteiger partial charge in [-0.15, -0.1) is 0 Å². The SMILES string of the molecule is CC.CCN1CC2C(C1)C2(F)F. The van der Waals surface area contributed by atoms with Crippen LogP contribution in [-0.4, -0.2) is 30.5 Å². The summed E-state index contributed by atoms with van der Waals surface area (Å²) < 4.78 is 25.0. The molecule has 1 aliphatic heterocycles. The molecule has 0 bridgehead atoms. The molecule has 0 spiro atoms. The molecule has 2 unspecified atom stereocenters. The van der Waals surface area contributed by atoms with Gasteiger partial charge in [-0.2, -0.15) is 0 Å². The number of rotatable bonds is 1. The van der Waals surface area contributed by atoms with Crippen LogP contribution in [0, 0.1) is 11.8 Å². The number of halogens is 2. The van der Waals surface area contributed by atoms with Gasteiger partial charge in [0.1, 0.15) is 0 Å². The van der Waals surface area contributed by atoms with Gasteiger partial charge in [0, 0.05) is 24.9 Å². The Balaban J connectivity index is 0.000000336. The van der Waals surface area contributed by atoms with Crippen LogP contribution in [0.2, 0.25) is 0 Å². The van der Waals surface area contributed by atoms with Gasteiger partial charge < -0.3 is 4.90 Å². The summed E-state index contributed by atoms with van der Waals surface area (Å²) in [4.78, 5) is 2.09. The summed E-state index contributed by atoms with van der Waals surface area (Å²) in [6, 6.07) is 0. The minimum Gasteiger partial charge on any atom is -0.303 e. The second kappa shape index (κ2) is 3.29. The zero-order chi connectivity index (χ0) is 9.35. The highest BCUT2D eigenvalue weighted by Crippen LogP contribution is 2.58. The zero-order valence-corrected chi connectivity index (χ0v) is 7.98. The Morgan fingerprint density at radius 3 is 2.00 bits per heavy atom. The predicted molar refractivity (Wildman–Crippen MR) is 45.4 cm³/mol. The highest BCUT2D eigenvalue weighted by atomic mass is 19.3. The molecule has 0 aromatic carbocycles. The fraction of sp³-hybridized carbons (Fsp3) is 1.00. The van der Waals surface area contributed by atoms with E-state index in [2.05, 4.69) is 4.90 Å². The van der Waals surface area contributed by atoms with Crippen LogP contribution in [0.4, 0.5) is 8.78 Å². The second-order valence-corrected chi connectivity index (χ2v) is 3.24. The van der Waals surface area contributed by atoms with Gasteiger partial charge in [-0.1, -0.05) is 20.8 Å². The molecular formula is C9H17F2N. The lowest BCUT2D eigenvalue weighted by Gasteiger charge is -2.15. The lowest BCUT2D eigenvalue weighted by Crippen LogP contribution is -2.27. The molecule has 0 aromatic heterocycles. The molecular weight excluding hydrogens is 160 g/mol. The van der Waals surface area contributed by atoms with Crippen molar-refractivity contribution in [2.75, 3.05) is 19.6 Å². The molecule has 2 rings (SSSR count). The quantitative estimate of drug-likeness (QED) is 0.593. The van der Waals surface area contributed by atoms with Crippen LogP contribution >= 0.6 is 0 Å². The largest absolute Gasteiger partial charge is 0.303 e. The first-order valence-electron chi connectivity index (χ1n) is 4.76. The predicted octanol–water partition coefficient (Wildman–Crippen LogP) is 2.23. The number of nitrogens with zero attached hydrogens (tertiary/aromatic N) is 1. The first-order chi connectivity index (χ1) is 5.66. The average Bonchev–Trinajstić information content (AvgIpc) is 2.54. The lowest BCUT2D eigenvalue weighted by molar-refractivity contribution is 0.0545. The Labute approximate surface area is 72.7 Å². The third-order valence-electron chi connectivity index (χ3n) is 2.72. The van der Waals surface area contributed by atoms with E-state index in [4.69, 9.17) is 0 Å². The van der Waals surface area contributed by atoms with E-state index in [1.165, 1.54) is 0 Å². The van der Waals surface area contributed by atoms with E-state index in [0.29, 0.717) is 13.1 Å². The highest BCUT2D eigenvalue weighted by molar-refractivity contribution is 5.11. The molecule has 0 amide bonds. The van der Waals surface area contributed by atoms with Gasteiger partial charge in [0.2, 0.25) is 0 Å².